The van der Waals surface area contributed by atoms with Crippen LogP contribution in [0.25, 0.3) is 5.70 Å². The van der Waals surface area contributed by atoms with Crippen molar-refractivity contribution >= 4 is 5.70 Å². The lowest BCUT2D eigenvalue weighted by Crippen LogP contribution is -3.06. The van der Waals surface area contributed by atoms with E-state index in [-0.39, 0.29) is 31.1 Å². The van der Waals surface area contributed by atoms with Crippen molar-refractivity contribution in [3.63, 3.8) is 0 Å². The lowest BCUT2D eigenvalue weighted by Gasteiger charge is -2.36. The van der Waals surface area contributed by atoms with E-state index < -0.39 is 6.36 Å². The Morgan fingerprint density at radius 3 is 2.49 bits per heavy atom. The first-order valence-electron chi connectivity index (χ1n) is 14.5. The van der Waals surface area contributed by atoms with Crippen LogP contribution in [0.15, 0.2) is 77.2 Å². The zero-order chi connectivity index (χ0) is 29.3. The van der Waals surface area contributed by atoms with Crippen molar-refractivity contribution in [2.24, 2.45) is 0 Å². The molecule has 2 unspecified atom stereocenters. The standard InChI is InChI=1S/C33H34F3NO5.ClH/c1-3-4-5-6-15-39-32-27-19-37-14-13-22-17-29-30(41-20-40-29)18-25(22)31(37)26(24(27)11-12-28(32)38-2)16-21-7-9-23(10-8-21)42-33(34,35)36;/h7-12,17-19,32H,3-6,13-16,20H2,1-2H3;1H. The maximum Gasteiger partial charge on any atom is 0.573 e. The molecule has 2 atom stereocenters. The number of alkyl halides is 3. The third-order valence-electron chi connectivity index (χ3n) is 8.13. The predicted octanol–water partition coefficient (Wildman–Crippen LogP) is 3.05. The molecule has 4 aliphatic rings. The molecule has 0 saturated heterocycles. The molecule has 6 rings (SSSR count). The highest BCUT2D eigenvalue weighted by Gasteiger charge is 2.40. The number of hydrogen-bond acceptors (Lipinski definition) is 5. The second-order valence-electron chi connectivity index (χ2n) is 10.9. The summed E-state index contributed by atoms with van der Waals surface area (Å²) in [4.78, 5) is 1.21. The quantitative estimate of drug-likeness (QED) is 0.416. The molecule has 1 aliphatic carbocycles. The highest BCUT2D eigenvalue weighted by atomic mass is 35.5. The summed E-state index contributed by atoms with van der Waals surface area (Å²) in [6.45, 7) is 3.86. The molecule has 0 fully saturated rings. The van der Waals surface area contributed by atoms with Gasteiger partial charge in [0.1, 0.15) is 29.5 Å². The number of halogens is 4. The molecule has 43 heavy (non-hydrogen) atoms. The van der Waals surface area contributed by atoms with E-state index in [1.807, 2.05) is 6.08 Å². The summed E-state index contributed by atoms with van der Waals surface area (Å²) in [5.74, 6) is 2.00. The fourth-order valence-electron chi connectivity index (χ4n) is 6.16. The van der Waals surface area contributed by atoms with Gasteiger partial charge in [0, 0.05) is 36.2 Å². The fraction of sp³-hybridized carbons (Fsp3) is 0.394. The van der Waals surface area contributed by atoms with Gasteiger partial charge in [0.05, 0.1) is 13.7 Å². The Morgan fingerprint density at radius 2 is 1.77 bits per heavy atom. The Kier molecular flexibility index (Phi) is 9.44. The molecule has 0 bridgehead atoms. The van der Waals surface area contributed by atoms with Crippen LogP contribution in [0.3, 0.4) is 0 Å². The number of hydrogen-bond donors (Lipinski definition) is 1. The number of benzene rings is 2. The van der Waals surface area contributed by atoms with Crippen LogP contribution in [0.2, 0.25) is 0 Å². The highest BCUT2D eigenvalue weighted by Crippen LogP contribution is 2.43. The number of rotatable bonds is 10. The molecule has 0 amide bonds. The summed E-state index contributed by atoms with van der Waals surface area (Å²) in [6, 6.07) is 10.3. The molecule has 0 radical (unpaired) electrons. The van der Waals surface area contributed by atoms with Gasteiger partial charge in [-0.25, -0.2) is 0 Å². The lowest BCUT2D eigenvalue weighted by atomic mass is 9.80. The molecule has 3 aliphatic heterocycles. The average molecular weight is 618 g/mol. The minimum Gasteiger partial charge on any atom is -1.00 e. The van der Waals surface area contributed by atoms with Gasteiger partial charge in [0.15, 0.2) is 11.5 Å². The van der Waals surface area contributed by atoms with Crippen LogP contribution in [0.1, 0.15) is 49.3 Å². The van der Waals surface area contributed by atoms with Gasteiger partial charge >= 0.3 is 6.36 Å². The van der Waals surface area contributed by atoms with Crippen molar-refractivity contribution in [1.82, 2.24) is 0 Å². The van der Waals surface area contributed by atoms with Gasteiger partial charge in [-0.3, -0.25) is 4.90 Å². The molecule has 2 aromatic rings. The van der Waals surface area contributed by atoms with Crippen LogP contribution in [0.4, 0.5) is 13.2 Å². The first-order valence-corrected chi connectivity index (χ1v) is 14.5. The Balaban J connectivity index is 0.00000368. The summed E-state index contributed by atoms with van der Waals surface area (Å²) >= 11 is 0. The van der Waals surface area contributed by atoms with Gasteiger partial charge in [0.25, 0.3) is 0 Å². The summed E-state index contributed by atoms with van der Waals surface area (Å²) in [6.07, 6.45) is 7.03. The smallest absolute Gasteiger partial charge is 0.573 e. The van der Waals surface area contributed by atoms with Crippen LogP contribution in [0, 0.1) is 0 Å². The number of allylic oxidation sites excluding steroid dienone is 3. The number of methoxy groups -OCH3 is 1. The van der Waals surface area contributed by atoms with Crippen molar-refractivity contribution in [1.29, 1.82) is 0 Å². The van der Waals surface area contributed by atoms with E-state index >= 15 is 0 Å². The zero-order valence-electron chi connectivity index (χ0n) is 24.2. The lowest BCUT2D eigenvalue weighted by molar-refractivity contribution is -0.771. The summed E-state index contributed by atoms with van der Waals surface area (Å²) in [7, 11) is 1.67. The first kappa shape index (κ1) is 31.0. The molecule has 0 aromatic heterocycles. The molecular formula is C33H35ClF3NO5. The number of nitrogens with one attached hydrogen (secondary N) is 1. The molecule has 0 saturated carbocycles. The second-order valence-corrected chi connectivity index (χ2v) is 10.9. The van der Waals surface area contributed by atoms with Crippen LogP contribution < -0.4 is 31.5 Å². The number of quaternary nitrogens is 1. The SMILES string of the molecule is CCCCCCOC1C(OC)=CC=C2C1=C[NH+]1CCc3cc4c(cc3C1=C2Cc1ccc(OC(F)(F)F)cc1)OCO4.[Cl-]. The minimum atomic E-state index is -4.74. The van der Waals surface area contributed by atoms with Gasteiger partial charge in [0.2, 0.25) is 6.79 Å². The van der Waals surface area contributed by atoms with Crippen LogP contribution in [-0.2, 0) is 22.3 Å². The van der Waals surface area contributed by atoms with Crippen molar-refractivity contribution in [3.8, 4) is 17.2 Å². The summed E-state index contributed by atoms with van der Waals surface area (Å²) in [5.41, 5.74) is 7.50. The zero-order valence-corrected chi connectivity index (χ0v) is 24.9. The van der Waals surface area contributed by atoms with Gasteiger partial charge in [-0.05, 0) is 53.5 Å². The highest BCUT2D eigenvalue weighted by molar-refractivity contribution is 5.77. The van der Waals surface area contributed by atoms with Gasteiger partial charge in [-0.1, -0.05) is 44.4 Å². The monoisotopic (exact) mass is 617 g/mol. The summed E-state index contributed by atoms with van der Waals surface area (Å²) in [5, 5.41) is 0. The van der Waals surface area contributed by atoms with Crippen molar-refractivity contribution in [2.45, 2.75) is 57.9 Å². The molecule has 10 heteroatoms. The largest absolute Gasteiger partial charge is 1.00 e. The minimum absolute atomic E-state index is 0. The Labute approximate surface area is 255 Å². The molecule has 2 aromatic carbocycles. The maximum absolute atomic E-state index is 12.8. The first-order chi connectivity index (χ1) is 20.3. The fourth-order valence-corrected chi connectivity index (χ4v) is 6.16. The maximum atomic E-state index is 12.8. The van der Waals surface area contributed by atoms with Crippen molar-refractivity contribution in [2.75, 3.05) is 27.1 Å². The van der Waals surface area contributed by atoms with E-state index in [0.29, 0.717) is 13.0 Å². The Hall–Kier alpha value is -3.40. The van der Waals surface area contributed by atoms with Crippen LogP contribution in [0.5, 0.6) is 17.2 Å². The van der Waals surface area contributed by atoms with E-state index in [0.717, 1.165) is 83.0 Å². The van der Waals surface area contributed by atoms with Gasteiger partial charge in [-0.2, -0.15) is 0 Å². The normalized spacial score (nSPS) is 20.2. The number of unbranched alkanes of at least 4 members (excludes halogenated alkanes) is 3. The summed E-state index contributed by atoms with van der Waals surface area (Å²) < 4.78 is 66.1. The van der Waals surface area contributed by atoms with Gasteiger partial charge < -0.3 is 36.1 Å². The average Bonchev–Trinajstić information content (AvgIpc) is 3.43. The van der Waals surface area contributed by atoms with E-state index in [1.165, 1.54) is 29.0 Å². The Morgan fingerprint density at radius 1 is 1.00 bits per heavy atom. The molecule has 0 spiro atoms. The van der Waals surface area contributed by atoms with Crippen LogP contribution in [-0.4, -0.2) is 39.5 Å². The predicted molar refractivity (Wildman–Crippen MR) is 151 cm³/mol. The van der Waals surface area contributed by atoms with Crippen LogP contribution >= 0.6 is 0 Å². The topological polar surface area (TPSA) is 50.6 Å². The van der Waals surface area contributed by atoms with E-state index in [4.69, 9.17) is 18.9 Å². The third-order valence-corrected chi connectivity index (χ3v) is 8.13. The van der Waals surface area contributed by atoms with Crippen molar-refractivity contribution < 1.29 is 54.2 Å². The molecule has 6 nitrogen and oxygen atoms in total. The van der Waals surface area contributed by atoms with E-state index in [9.17, 15) is 13.2 Å². The Bertz CT molecular complexity index is 1460. The third kappa shape index (κ3) is 6.59. The number of fused-ring (bicyclic) bond motifs is 5. The molecule has 3 heterocycles. The number of ether oxygens (including phenoxy) is 5. The molecule has 1 N–H and O–H groups in total. The molecular weight excluding hydrogens is 583 g/mol. The van der Waals surface area contributed by atoms with Crippen molar-refractivity contribution in [3.05, 3.63) is 93.9 Å². The van der Waals surface area contributed by atoms with E-state index in [2.05, 4.69) is 36.1 Å². The molecule has 230 valence electrons. The van der Waals surface area contributed by atoms with E-state index in [1.54, 1.807) is 19.2 Å². The van der Waals surface area contributed by atoms with Gasteiger partial charge in [-0.15, -0.1) is 13.2 Å². The second kappa shape index (κ2) is 13.1.